The highest BCUT2D eigenvalue weighted by molar-refractivity contribution is 6.31. The van der Waals surface area contributed by atoms with Gasteiger partial charge in [0.2, 0.25) is 5.91 Å². The first-order valence-corrected chi connectivity index (χ1v) is 8.01. The van der Waals surface area contributed by atoms with Gasteiger partial charge in [0.25, 0.3) is 0 Å². The SMILES string of the molecule is CNC(=O)Nc1cccc(NC(=O)/C=C/c2ccc(Cl)c(C(F)(F)F)c2)c1. The topological polar surface area (TPSA) is 70.2 Å². The molecule has 27 heavy (non-hydrogen) atoms. The van der Waals surface area contributed by atoms with E-state index in [2.05, 4.69) is 16.0 Å². The van der Waals surface area contributed by atoms with Crippen molar-refractivity contribution in [1.29, 1.82) is 0 Å². The second-order valence-corrected chi connectivity index (χ2v) is 5.75. The van der Waals surface area contributed by atoms with Gasteiger partial charge < -0.3 is 16.0 Å². The van der Waals surface area contributed by atoms with Gasteiger partial charge in [-0.2, -0.15) is 13.2 Å². The zero-order valence-corrected chi connectivity index (χ0v) is 14.8. The Morgan fingerprint density at radius 1 is 1.04 bits per heavy atom. The molecular formula is C18H15ClF3N3O2. The first-order valence-electron chi connectivity index (χ1n) is 7.63. The van der Waals surface area contributed by atoms with Crippen molar-refractivity contribution in [3.8, 4) is 0 Å². The number of alkyl halides is 3. The molecule has 2 rings (SSSR count). The number of hydrogen-bond donors (Lipinski definition) is 3. The maximum Gasteiger partial charge on any atom is 0.417 e. The summed E-state index contributed by atoms with van der Waals surface area (Å²) >= 11 is 5.55. The number of nitrogens with one attached hydrogen (secondary N) is 3. The van der Waals surface area contributed by atoms with Crippen LogP contribution in [0.25, 0.3) is 6.08 Å². The van der Waals surface area contributed by atoms with E-state index in [1.807, 2.05) is 0 Å². The van der Waals surface area contributed by atoms with Gasteiger partial charge in [-0.05, 0) is 42.0 Å². The maximum atomic E-state index is 12.8. The van der Waals surface area contributed by atoms with E-state index in [0.29, 0.717) is 11.4 Å². The van der Waals surface area contributed by atoms with E-state index in [0.717, 1.165) is 18.2 Å². The summed E-state index contributed by atoms with van der Waals surface area (Å²) in [6.45, 7) is 0. The van der Waals surface area contributed by atoms with Crippen molar-refractivity contribution in [3.63, 3.8) is 0 Å². The van der Waals surface area contributed by atoms with Crippen molar-refractivity contribution in [3.05, 3.63) is 64.7 Å². The fourth-order valence-electron chi connectivity index (χ4n) is 2.09. The number of benzene rings is 2. The van der Waals surface area contributed by atoms with Gasteiger partial charge in [-0.3, -0.25) is 4.79 Å². The molecule has 5 nitrogen and oxygen atoms in total. The Hall–Kier alpha value is -3.00. The van der Waals surface area contributed by atoms with Gasteiger partial charge in [-0.15, -0.1) is 0 Å². The molecule has 2 aromatic rings. The summed E-state index contributed by atoms with van der Waals surface area (Å²) in [5, 5.41) is 7.09. The number of halogens is 4. The van der Waals surface area contributed by atoms with Crippen LogP contribution < -0.4 is 16.0 Å². The van der Waals surface area contributed by atoms with Crippen LogP contribution >= 0.6 is 11.6 Å². The van der Waals surface area contributed by atoms with E-state index >= 15 is 0 Å². The lowest BCUT2D eigenvalue weighted by atomic mass is 10.1. The molecule has 0 aliphatic heterocycles. The van der Waals surface area contributed by atoms with Crippen LogP contribution in [-0.4, -0.2) is 19.0 Å². The molecule has 0 bridgehead atoms. The number of carbonyl (C=O) groups is 2. The van der Waals surface area contributed by atoms with Crippen molar-refractivity contribution in [2.45, 2.75) is 6.18 Å². The number of carbonyl (C=O) groups excluding carboxylic acids is 2. The molecule has 0 saturated carbocycles. The van der Waals surface area contributed by atoms with Gasteiger partial charge >= 0.3 is 12.2 Å². The largest absolute Gasteiger partial charge is 0.417 e. The Bertz CT molecular complexity index is 882. The molecule has 0 spiro atoms. The summed E-state index contributed by atoms with van der Waals surface area (Å²) in [6, 6.07) is 9.33. The molecule has 0 radical (unpaired) electrons. The predicted molar refractivity (Wildman–Crippen MR) is 98.6 cm³/mol. The molecule has 0 fully saturated rings. The normalized spacial score (nSPS) is 11.3. The zero-order valence-electron chi connectivity index (χ0n) is 14.0. The number of amides is 3. The van der Waals surface area contributed by atoms with Gasteiger partial charge in [0, 0.05) is 24.5 Å². The highest BCUT2D eigenvalue weighted by Gasteiger charge is 2.33. The highest BCUT2D eigenvalue weighted by Crippen LogP contribution is 2.35. The first-order chi connectivity index (χ1) is 12.7. The third-order valence-electron chi connectivity index (χ3n) is 3.34. The van der Waals surface area contributed by atoms with E-state index in [1.165, 1.54) is 25.3 Å². The number of anilines is 2. The van der Waals surface area contributed by atoms with Crippen molar-refractivity contribution >= 4 is 41.0 Å². The minimum atomic E-state index is -4.58. The molecule has 0 saturated heterocycles. The van der Waals surface area contributed by atoms with Crippen molar-refractivity contribution in [2.24, 2.45) is 0 Å². The molecule has 0 aliphatic rings. The summed E-state index contributed by atoms with van der Waals surface area (Å²) in [5.41, 5.74) is 0.0749. The predicted octanol–water partition coefficient (Wildman–Crippen LogP) is 4.76. The standard InChI is InChI=1S/C18H15ClF3N3O2/c1-23-17(27)25-13-4-2-3-12(10-13)24-16(26)8-6-11-5-7-15(19)14(9-11)18(20,21)22/h2-10H,1H3,(H,24,26)(H2,23,25,27)/b8-6+. The number of hydrogen-bond acceptors (Lipinski definition) is 2. The summed E-state index contributed by atoms with van der Waals surface area (Å²) in [6.07, 6.45) is -2.24. The van der Waals surface area contributed by atoms with Gasteiger partial charge in [0.15, 0.2) is 0 Å². The Labute approximate surface area is 158 Å². The van der Waals surface area contributed by atoms with Crippen LogP contribution in [0.3, 0.4) is 0 Å². The van der Waals surface area contributed by atoms with Gasteiger partial charge in [-0.1, -0.05) is 23.7 Å². The lowest BCUT2D eigenvalue weighted by molar-refractivity contribution is -0.137. The molecule has 3 N–H and O–H groups in total. The molecule has 142 valence electrons. The average molecular weight is 398 g/mol. The monoisotopic (exact) mass is 397 g/mol. The van der Waals surface area contributed by atoms with Crippen LogP contribution in [0.2, 0.25) is 5.02 Å². The Morgan fingerprint density at radius 2 is 1.70 bits per heavy atom. The second kappa shape index (κ2) is 8.59. The van der Waals surface area contributed by atoms with Crippen LogP contribution in [0.5, 0.6) is 0 Å². The second-order valence-electron chi connectivity index (χ2n) is 5.34. The smallest absolute Gasteiger partial charge is 0.341 e. The first kappa shape index (κ1) is 20.3. The fourth-order valence-corrected chi connectivity index (χ4v) is 2.31. The summed E-state index contributed by atoms with van der Waals surface area (Å²) in [7, 11) is 1.46. The molecule has 0 heterocycles. The third kappa shape index (κ3) is 6.03. The molecule has 0 aliphatic carbocycles. The molecule has 2 aromatic carbocycles. The molecule has 0 aromatic heterocycles. The highest BCUT2D eigenvalue weighted by atomic mass is 35.5. The Morgan fingerprint density at radius 3 is 2.33 bits per heavy atom. The summed E-state index contributed by atoms with van der Waals surface area (Å²) in [5.74, 6) is -0.546. The third-order valence-corrected chi connectivity index (χ3v) is 3.67. The lowest BCUT2D eigenvalue weighted by Crippen LogP contribution is -2.24. The van der Waals surface area contributed by atoms with E-state index in [9.17, 15) is 22.8 Å². The number of urea groups is 1. The molecule has 9 heteroatoms. The van der Waals surface area contributed by atoms with E-state index in [4.69, 9.17) is 11.6 Å². The summed E-state index contributed by atoms with van der Waals surface area (Å²) < 4.78 is 38.5. The zero-order chi connectivity index (χ0) is 20.0. The van der Waals surface area contributed by atoms with Crippen LogP contribution in [0.1, 0.15) is 11.1 Å². The molecular weight excluding hydrogens is 383 g/mol. The Kier molecular flexibility index (Phi) is 6.46. The quantitative estimate of drug-likeness (QED) is 0.651. The summed E-state index contributed by atoms with van der Waals surface area (Å²) in [4.78, 5) is 23.3. The lowest BCUT2D eigenvalue weighted by Gasteiger charge is -2.09. The molecule has 3 amide bonds. The van der Waals surface area contributed by atoms with Gasteiger partial charge in [0.05, 0.1) is 10.6 Å². The van der Waals surface area contributed by atoms with Crippen molar-refractivity contribution in [1.82, 2.24) is 5.32 Å². The van der Waals surface area contributed by atoms with Gasteiger partial charge in [-0.25, -0.2) is 4.79 Å². The van der Waals surface area contributed by atoms with Crippen molar-refractivity contribution in [2.75, 3.05) is 17.7 Å². The molecule has 0 atom stereocenters. The van der Waals surface area contributed by atoms with Crippen LogP contribution in [0.15, 0.2) is 48.5 Å². The van der Waals surface area contributed by atoms with Crippen LogP contribution in [0.4, 0.5) is 29.3 Å². The van der Waals surface area contributed by atoms with Crippen LogP contribution in [-0.2, 0) is 11.0 Å². The fraction of sp³-hybridized carbons (Fsp3) is 0.111. The average Bonchev–Trinajstić information content (AvgIpc) is 2.60. The minimum Gasteiger partial charge on any atom is -0.341 e. The van der Waals surface area contributed by atoms with E-state index < -0.39 is 28.7 Å². The molecule has 0 unspecified atom stereocenters. The number of rotatable bonds is 4. The Balaban J connectivity index is 2.08. The van der Waals surface area contributed by atoms with E-state index in [1.54, 1.807) is 18.2 Å². The maximum absolute atomic E-state index is 12.8. The van der Waals surface area contributed by atoms with E-state index in [-0.39, 0.29) is 5.56 Å². The van der Waals surface area contributed by atoms with Gasteiger partial charge in [0.1, 0.15) is 0 Å². The van der Waals surface area contributed by atoms with Crippen molar-refractivity contribution < 1.29 is 22.8 Å². The minimum absolute atomic E-state index is 0.178. The van der Waals surface area contributed by atoms with Crippen LogP contribution in [0, 0.1) is 0 Å².